The fourth-order valence-corrected chi connectivity index (χ4v) is 4.64. The van der Waals surface area contributed by atoms with Crippen molar-refractivity contribution in [1.82, 2.24) is 4.72 Å². The van der Waals surface area contributed by atoms with Crippen LogP contribution in [0.15, 0.2) is 23.1 Å². The van der Waals surface area contributed by atoms with Gasteiger partial charge < -0.3 is 5.73 Å². The monoisotopic (exact) mass is 346 g/mol. The predicted molar refractivity (Wildman–Crippen MR) is 93.0 cm³/mol. The Morgan fingerprint density at radius 2 is 1.91 bits per heavy atom. The molecule has 0 saturated heterocycles. The molecular formula is C16H27ClN2O2S. The third kappa shape index (κ3) is 4.44. The van der Waals surface area contributed by atoms with Crippen LogP contribution in [0.2, 0.25) is 0 Å². The smallest absolute Gasteiger partial charge is 0.241 e. The van der Waals surface area contributed by atoms with Gasteiger partial charge in [-0.3, -0.25) is 0 Å². The summed E-state index contributed by atoms with van der Waals surface area (Å²) in [7, 11) is -3.53. The van der Waals surface area contributed by atoms with E-state index in [2.05, 4.69) is 18.6 Å². The summed E-state index contributed by atoms with van der Waals surface area (Å²) in [5.74, 6) is 0.376. The maximum atomic E-state index is 12.6. The van der Waals surface area contributed by atoms with Gasteiger partial charge in [-0.2, -0.15) is 0 Å². The van der Waals surface area contributed by atoms with E-state index in [1.807, 2.05) is 19.1 Å². The van der Waals surface area contributed by atoms with E-state index in [1.54, 1.807) is 6.07 Å². The molecule has 0 saturated carbocycles. The minimum Gasteiger partial charge on any atom is -0.329 e. The molecule has 0 spiro atoms. The summed E-state index contributed by atoms with van der Waals surface area (Å²) in [4.78, 5) is 0.353. The Kier molecular flexibility index (Phi) is 6.45. The van der Waals surface area contributed by atoms with Crippen LogP contribution in [0.4, 0.5) is 0 Å². The molecule has 1 aromatic rings. The standard InChI is InChI=1S/C16H26N2O2S.ClH/c1-12(2)10-16(3,11-17)18-21(19,20)15-8-7-13-5-4-6-14(13)9-15;/h7-9,12,18H,4-6,10-11,17H2,1-3H3;1H. The number of sulfonamides is 1. The molecule has 0 bridgehead atoms. The van der Waals surface area contributed by atoms with Crippen molar-refractivity contribution in [3.05, 3.63) is 29.3 Å². The summed E-state index contributed by atoms with van der Waals surface area (Å²) in [6.45, 7) is 6.29. The van der Waals surface area contributed by atoms with Crippen molar-refractivity contribution in [1.29, 1.82) is 0 Å². The second-order valence-electron chi connectivity index (χ2n) is 6.75. The van der Waals surface area contributed by atoms with E-state index in [9.17, 15) is 8.42 Å². The Morgan fingerprint density at radius 1 is 1.27 bits per heavy atom. The lowest BCUT2D eigenvalue weighted by Crippen LogP contribution is -2.51. The van der Waals surface area contributed by atoms with Crippen LogP contribution >= 0.6 is 12.4 Å². The Balaban J connectivity index is 0.00000242. The average molecular weight is 347 g/mol. The number of hydrogen-bond donors (Lipinski definition) is 2. The summed E-state index contributed by atoms with van der Waals surface area (Å²) in [6.07, 6.45) is 3.85. The van der Waals surface area contributed by atoms with Crippen LogP contribution in [0.25, 0.3) is 0 Å². The van der Waals surface area contributed by atoms with Gasteiger partial charge in [-0.15, -0.1) is 12.4 Å². The van der Waals surface area contributed by atoms with Gasteiger partial charge in [0.2, 0.25) is 10.0 Å². The molecule has 1 aliphatic carbocycles. The molecule has 0 radical (unpaired) electrons. The molecule has 0 aromatic heterocycles. The van der Waals surface area contributed by atoms with E-state index in [0.29, 0.717) is 17.2 Å². The Labute approximate surface area is 140 Å². The molecule has 1 unspecified atom stereocenters. The van der Waals surface area contributed by atoms with E-state index >= 15 is 0 Å². The third-order valence-electron chi connectivity index (χ3n) is 4.07. The summed E-state index contributed by atoms with van der Waals surface area (Å²) >= 11 is 0. The molecule has 0 heterocycles. The maximum Gasteiger partial charge on any atom is 0.241 e. The Hall–Kier alpha value is -0.620. The summed E-state index contributed by atoms with van der Waals surface area (Å²) in [6, 6.07) is 5.47. The van der Waals surface area contributed by atoms with Crippen molar-refractivity contribution < 1.29 is 8.42 Å². The van der Waals surface area contributed by atoms with E-state index in [4.69, 9.17) is 5.73 Å². The predicted octanol–water partition coefficient (Wildman–Crippen LogP) is 2.64. The van der Waals surface area contributed by atoms with Gasteiger partial charge in [-0.1, -0.05) is 19.9 Å². The van der Waals surface area contributed by atoms with Crippen molar-refractivity contribution >= 4 is 22.4 Å². The van der Waals surface area contributed by atoms with Crippen LogP contribution in [0.3, 0.4) is 0 Å². The average Bonchev–Trinajstić information content (AvgIpc) is 2.84. The fraction of sp³-hybridized carbons (Fsp3) is 0.625. The molecule has 126 valence electrons. The van der Waals surface area contributed by atoms with E-state index in [0.717, 1.165) is 24.8 Å². The number of halogens is 1. The van der Waals surface area contributed by atoms with Crippen molar-refractivity contribution in [2.45, 2.75) is 56.9 Å². The van der Waals surface area contributed by atoms with Crippen LogP contribution in [-0.4, -0.2) is 20.5 Å². The first-order valence-corrected chi connectivity index (χ1v) is 9.10. The zero-order chi connectivity index (χ0) is 15.7. The molecule has 1 atom stereocenters. The molecule has 0 aliphatic heterocycles. The number of hydrogen-bond acceptors (Lipinski definition) is 3. The van der Waals surface area contributed by atoms with Crippen LogP contribution in [0, 0.1) is 5.92 Å². The summed E-state index contributed by atoms with van der Waals surface area (Å²) in [5.41, 5.74) is 7.64. The number of nitrogens with one attached hydrogen (secondary N) is 1. The highest BCUT2D eigenvalue weighted by Gasteiger charge is 2.30. The second kappa shape index (κ2) is 7.30. The number of nitrogens with two attached hydrogens (primary N) is 1. The van der Waals surface area contributed by atoms with Crippen molar-refractivity contribution in [3.63, 3.8) is 0 Å². The summed E-state index contributed by atoms with van der Waals surface area (Å²) in [5, 5.41) is 0. The first-order valence-electron chi connectivity index (χ1n) is 7.62. The minimum absolute atomic E-state index is 0. The van der Waals surface area contributed by atoms with Crippen LogP contribution < -0.4 is 10.5 Å². The number of aryl methyl sites for hydroxylation is 2. The van der Waals surface area contributed by atoms with Crippen LogP contribution in [0.5, 0.6) is 0 Å². The minimum atomic E-state index is -3.53. The largest absolute Gasteiger partial charge is 0.329 e. The fourth-order valence-electron chi connectivity index (χ4n) is 3.17. The molecular weight excluding hydrogens is 320 g/mol. The van der Waals surface area contributed by atoms with Gasteiger partial charge in [-0.05, 0) is 61.8 Å². The molecule has 22 heavy (non-hydrogen) atoms. The Morgan fingerprint density at radius 3 is 2.50 bits per heavy atom. The topological polar surface area (TPSA) is 72.2 Å². The molecule has 0 fully saturated rings. The highest BCUT2D eigenvalue weighted by Crippen LogP contribution is 2.26. The second-order valence-corrected chi connectivity index (χ2v) is 8.43. The van der Waals surface area contributed by atoms with Crippen molar-refractivity contribution in [2.24, 2.45) is 11.7 Å². The highest BCUT2D eigenvalue weighted by molar-refractivity contribution is 7.89. The number of fused-ring (bicyclic) bond motifs is 1. The first kappa shape index (κ1) is 19.4. The molecule has 1 aliphatic rings. The lowest BCUT2D eigenvalue weighted by atomic mass is 9.92. The third-order valence-corrected chi connectivity index (χ3v) is 5.71. The SMILES string of the molecule is CC(C)CC(C)(CN)NS(=O)(=O)c1ccc2c(c1)CCC2.Cl. The van der Waals surface area contributed by atoms with Gasteiger partial charge in [-0.25, -0.2) is 13.1 Å². The van der Waals surface area contributed by atoms with Gasteiger partial charge in [0.25, 0.3) is 0 Å². The lowest BCUT2D eigenvalue weighted by molar-refractivity contribution is 0.344. The van der Waals surface area contributed by atoms with Gasteiger partial charge in [0.15, 0.2) is 0 Å². The van der Waals surface area contributed by atoms with E-state index in [-0.39, 0.29) is 19.0 Å². The van der Waals surface area contributed by atoms with Crippen molar-refractivity contribution in [3.8, 4) is 0 Å². The highest BCUT2D eigenvalue weighted by atomic mass is 35.5. The molecule has 2 rings (SSSR count). The molecule has 6 heteroatoms. The number of benzene rings is 1. The van der Waals surface area contributed by atoms with Crippen LogP contribution in [-0.2, 0) is 22.9 Å². The van der Waals surface area contributed by atoms with Gasteiger partial charge in [0.05, 0.1) is 4.90 Å². The molecule has 4 nitrogen and oxygen atoms in total. The normalized spacial score (nSPS) is 17.0. The number of rotatable bonds is 6. The molecule has 3 N–H and O–H groups in total. The van der Waals surface area contributed by atoms with E-state index < -0.39 is 15.6 Å². The van der Waals surface area contributed by atoms with Crippen LogP contribution in [0.1, 0.15) is 44.7 Å². The van der Waals surface area contributed by atoms with Gasteiger partial charge in [0.1, 0.15) is 0 Å². The molecule has 1 aromatic carbocycles. The lowest BCUT2D eigenvalue weighted by Gasteiger charge is -2.30. The van der Waals surface area contributed by atoms with Gasteiger partial charge in [0, 0.05) is 12.1 Å². The zero-order valence-corrected chi connectivity index (χ0v) is 15.2. The van der Waals surface area contributed by atoms with Crippen molar-refractivity contribution in [2.75, 3.05) is 6.54 Å². The van der Waals surface area contributed by atoms with E-state index in [1.165, 1.54) is 5.56 Å². The maximum absolute atomic E-state index is 12.6. The summed E-state index contributed by atoms with van der Waals surface area (Å²) < 4.78 is 28.0. The first-order chi connectivity index (χ1) is 9.76. The zero-order valence-electron chi connectivity index (χ0n) is 13.6. The Bertz CT molecular complexity index is 617. The quantitative estimate of drug-likeness (QED) is 0.831. The van der Waals surface area contributed by atoms with Gasteiger partial charge >= 0.3 is 0 Å². The molecule has 0 amide bonds.